The number of likely N-dealkylation sites (tertiary alicyclic amines) is 1. The molecule has 0 aliphatic carbocycles. The number of pyridine rings is 1. The summed E-state index contributed by atoms with van der Waals surface area (Å²) < 4.78 is 20.6. The Bertz CT molecular complexity index is 2630. The molecule has 1 fully saturated rings. The van der Waals surface area contributed by atoms with Crippen LogP contribution in [0.5, 0.6) is 5.75 Å². The van der Waals surface area contributed by atoms with E-state index in [-0.39, 0.29) is 59.6 Å². The summed E-state index contributed by atoms with van der Waals surface area (Å²) in [5.74, 6) is -0.743. The van der Waals surface area contributed by atoms with Crippen molar-refractivity contribution < 1.29 is 33.7 Å². The SMILES string of the molecule is CC(Cc1cc(CC(=O)NCc2ccc(CNC(=O)CCN3CCC(OC(=O)Nc4ccccc4-c4ccccc4)CC3)cc2)ccc1F)NC[C@@H](O)c1ccc(O)c2[nH]c(=O)ccc12. The first kappa shape index (κ1) is 46.1. The van der Waals surface area contributed by atoms with Gasteiger partial charge < -0.3 is 40.8 Å². The van der Waals surface area contributed by atoms with E-state index in [1.807, 2.05) is 85.8 Å². The van der Waals surface area contributed by atoms with Crippen LogP contribution in [-0.4, -0.2) is 76.3 Å². The number of aromatic nitrogens is 1. The topological polar surface area (TPSA) is 185 Å². The van der Waals surface area contributed by atoms with Crippen LogP contribution in [0.25, 0.3) is 22.0 Å². The molecule has 13 nitrogen and oxygen atoms in total. The standard InChI is InChI=1S/C51H55FN6O7/c1-33(53-32-46(60)41-16-19-45(59)50-42(41)17-20-48(62)57-50)27-38-28-36(15-18-43(38)52)29-49(63)55-31-35-13-11-34(12-14-35)30-54-47(61)23-26-58-24-21-39(22-25-58)65-51(64)56-44-10-6-5-9-40(44)37-7-3-2-4-8-37/h2-20,28,33,39,46,53,59-60H,21-27,29-32H2,1H3,(H,54,61)(H,55,63)(H,56,64)(H,57,62)/t33?,46-/m1/s1. The Morgan fingerprint density at radius 3 is 2.25 bits per heavy atom. The largest absolute Gasteiger partial charge is 0.506 e. The molecule has 14 heteroatoms. The van der Waals surface area contributed by atoms with E-state index in [0.717, 1.165) is 35.3 Å². The maximum absolute atomic E-state index is 14.9. The van der Waals surface area contributed by atoms with Crippen molar-refractivity contribution in [2.45, 2.75) is 70.4 Å². The minimum absolute atomic E-state index is 0.0514. The lowest BCUT2D eigenvalue weighted by atomic mass is 10.0. The van der Waals surface area contributed by atoms with Crippen LogP contribution in [0, 0.1) is 5.82 Å². The van der Waals surface area contributed by atoms with E-state index in [1.165, 1.54) is 18.2 Å². The molecule has 0 radical (unpaired) electrons. The number of H-pyrrole nitrogens is 1. The number of nitrogens with zero attached hydrogens (tertiary/aromatic N) is 1. The third kappa shape index (κ3) is 13.1. The third-order valence-electron chi connectivity index (χ3n) is 11.6. The molecule has 1 aliphatic heterocycles. The maximum atomic E-state index is 14.9. The van der Waals surface area contributed by atoms with Crippen LogP contribution in [0.2, 0.25) is 0 Å². The van der Waals surface area contributed by atoms with Gasteiger partial charge in [-0.2, -0.15) is 0 Å². The Balaban J connectivity index is 0.772. The number of carbonyl (C=O) groups excluding carboxylic acids is 3. The second-order valence-electron chi connectivity index (χ2n) is 16.5. The molecule has 65 heavy (non-hydrogen) atoms. The molecule has 1 saturated heterocycles. The number of anilines is 1. The fourth-order valence-corrected chi connectivity index (χ4v) is 8.04. The Hall–Kier alpha value is -6.87. The van der Waals surface area contributed by atoms with Crippen molar-refractivity contribution in [3.63, 3.8) is 0 Å². The van der Waals surface area contributed by atoms with Gasteiger partial charge in [-0.1, -0.05) is 91.0 Å². The number of nitrogens with one attached hydrogen (secondary N) is 5. The molecule has 0 spiro atoms. The number of piperidine rings is 1. The van der Waals surface area contributed by atoms with Gasteiger partial charge in [0.15, 0.2) is 0 Å². The van der Waals surface area contributed by atoms with Crippen molar-refractivity contribution in [1.82, 2.24) is 25.8 Å². The third-order valence-corrected chi connectivity index (χ3v) is 11.6. The lowest BCUT2D eigenvalue weighted by Crippen LogP contribution is -2.40. The number of para-hydroxylation sites is 1. The van der Waals surface area contributed by atoms with Crippen LogP contribution in [0.15, 0.2) is 126 Å². The van der Waals surface area contributed by atoms with Crippen molar-refractivity contribution in [2.24, 2.45) is 0 Å². The molecule has 1 aromatic heterocycles. The van der Waals surface area contributed by atoms with Gasteiger partial charge in [0, 0.05) is 68.7 Å². The number of aromatic hydroxyl groups is 1. The van der Waals surface area contributed by atoms with Gasteiger partial charge in [0.25, 0.3) is 0 Å². The number of halogens is 1. The number of fused-ring (bicyclic) bond motifs is 1. The first-order valence-electron chi connectivity index (χ1n) is 22.0. The van der Waals surface area contributed by atoms with Crippen molar-refractivity contribution in [2.75, 3.05) is 31.5 Å². The highest BCUT2D eigenvalue weighted by Crippen LogP contribution is 2.30. The first-order valence-corrected chi connectivity index (χ1v) is 22.0. The summed E-state index contributed by atoms with van der Waals surface area (Å²) in [6.45, 7) is 4.78. The lowest BCUT2D eigenvalue weighted by Gasteiger charge is -2.31. The van der Waals surface area contributed by atoms with Crippen molar-refractivity contribution in [1.29, 1.82) is 0 Å². The number of aliphatic hydroxyl groups excluding tert-OH is 1. The maximum Gasteiger partial charge on any atom is 0.411 e. The number of hydrogen-bond acceptors (Lipinski definition) is 9. The molecule has 1 aliphatic rings. The Morgan fingerprint density at radius 2 is 1.51 bits per heavy atom. The summed E-state index contributed by atoms with van der Waals surface area (Å²) in [4.78, 5) is 54.9. The van der Waals surface area contributed by atoms with Crippen molar-refractivity contribution in [3.05, 3.63) is 165 Å². The van der Waals surface area contributed by atoms with E-state index in [1.54, 1.807) is 24.3 Å². The molecule has 0 bridgehead atoms. The fraction of sp³-hybridized carbons (Fsp3) is 0.294. The second kappa shape index (κ2) is 22.2. The number of aliphatic hydroxyl groups is 1. The van der Waals surface area contributed by atoms with E-state index in [4.69, 9.17) is 4.74 Å². The number of ether oxygens (including phenoxy) is 1. The van der Waals surface area contributed by atoms with Gasteiger partial charge in [-0.05, 0) is 83.8 Å². The van der Waals surface area contributed by atoms with E-state index < -0.39 is 12.2 Å². The average Bonchev–Trinajstić information content (AvgIpc) is 3.31. The lowest BCUT2D eigenvalue weighted by molar-refractivity contribution is -0.122. The van der Waals surface area contributed by atoms with Crippen LogP contribution in [0.4, 0.5) is 14.9 Å². The van der Waals surface area contributed by atoms with Crippen LogP contribution >= 0.6 is 0 Å². The first-order chi connectivity index (χ1) is 31.5. The van der Waals surface area contributed by atoms with Gasteiger partial charge in [0.1, 0.15) is 17.7 Å². The average molecular weight is 883 g/mol. The summed E-state index contributed by atoms with van der Waals surface area (Å²) in [5, 5.41) is 33.7. The second-order valence-corrected chi connectivity index (χ2v) is 16.5. The molecule has 2 atom stereocenters. The van der Waals surface area contributed by atoms with Crippen LogP contribution in [-0.2, 0) is 40.3 Å². The zero-order chi connectivity index (χ0) is 45.7. The minimum atomic E-state index is -0.957. The highest BCUT2D eigenvalue weighted by molar-refractivity contribution is 5.91. The van der Waals surface area contributed by atoms with Crippen LogP contribution in [0.3, 0.4) is 0 Å². The Kier molecular flexibility index (Phi) is 15.7. The predicted molar refractivity (Wildman–Crippen MR) is 249 cm³/mol. The number of phenols is 1. The number of benzene rings is 5. The fourth-order valence-electron chi connectivity index (χ4n) is 8.04. The van der Waals surface area contributed by atoms with Crippen molar-refractivity contribution in [3.8, 4) is 16.9 Å². The summed E-state index contributed by atoms with van der Waals surface area (Å²) in [6, 6.07) is 35.5. The van der Waals surface area contributed by atoms with Crippen molar-refractivity contribution >= 4 is 34.5 Å². The molecule has 5 aromatic carbocycles. The summed E-state index contributed by atoms with van der Waals surface area (Å²) in [6.07, 6.45) is 0.497. The summed E-state index contributed by atoms with van der Waals surface area (Å²) in [7, 11) is 0. The smallest absolute Gasteiger partial charge is 0.411 e. The Labute approximate surface area is 377 Å². The molecule has 2 heterocycles. The number of rotatable bonds is 18. The molecular weight excluding hydrogens is 828 g/mol. The molecule has 0 saturated carbocycles. The minimum Gasteiger partial charge on any atom is -0.506 e. The molecular formula is C51H55FN6O7. The quantitative estimate of drug-likeness (QED) is 0.0484. The molecule has 1 unspecified atom stereocenters. The number of amides is 3. The predicted octanol–water partition coefficient (Wildman–Crippen LogP) is 6.87. The molecule has 338 valence electrons. The molecule has 6 aromatic rings. The summed E-state index contributed by atoms with van der Waals surface area (Å²) >= 11 is 0. The number of aromatic amines is 1. The normalized spacial score (nSPS) is 14.1. The molecule has 7 N–H and O–H groups in total. The Morgan fingerprint density at radius 1 is 0.831 bits per heavy atom. The molecule has 7 rings (SSSR count). The van der Waals surface area contributed by atoms with E-state index in [2.05, 4.69) is 31.2 Å². The van der Waals surface area contributed by atoms with Crippen LogP contribution in [0.1, 0.15) is 60.1 Å². The zero-order valence-electron chi connectivity index (χ0n) is 36.3. The number of hydrogen-bond donors (Lipinski definition) is 7. The number of carbonyl (C=O) groups is 3. The van der Waals surface area contributed by atoms with Gasteiger partial charge >= 0.3 is 6.09 Å². The highest BCUT2D eigenvalue weighted by Gasteiger charge is 2.23. The summed E-state index contributed by atoms with van der Waals surface area (Å²) in [5.41, 5.74) is 5.97. The molecule has 3 amide bonds. The van der Waals surface area contributed by atoms with Gasteiger partial charge in [-0.15, -0.1) is 0 Å². The van der Waals surface area contributed by atoms with Gasteiger partial charge in [0.05, 0.1) is 23.7 Å². The number of phenolic OH excluding ortho intramolecular Hbond substituents is 1. The van der Waals surface area contributed by atoms with E-state index in [0.29, 0.717) is 73.1 Å². The monoisotopic (exact) mass is 882 g/mol. The van der Waals surface area contributed by atoms with E-state index in [9.17, 15) is 33.8 Å². The van der Waals surface area contributed by atoms with Crippen LogP contribution < -0.4 is 26.8 Å². The highest BCUT2D eigenvalue weighted by atomic mass is 19.1. The zero-order valence-corrected chi connectivity index (χ0v) is 36.3. The van der Waals surface area contributed by atoms with Gasteiger partial charge in [0.2, 0.25) is 17.4 Å². The van der Waals surface area contributed by atoms with Gasteiger partial charge in [-0.3, -0.25) is 19.7 Å². The van der Waals surface area contributed by atoms with Gasteiger partial charge in [-0.25, -0.2) is 9.18 Å². The van der Waals surface area contributed by atoms with E-state index >= 15 is 0 Å².